The van der Waals surface area contributed by atoms with Crippen LogP contribution in [0.15, 0.2) is 54.6 Å². The van der Waals surface area contributed by atoms with Crippen LogP contribution in [-0.4, -0.2) is 21.9 Å². The Bertz CT molecular complexity index is 1440. The van der Waals surface area contributed by atoms with E-state index in [2.05, 4.69) is 20.6 Å². The molecule has 190 valence electrons. The molecule has 9 heteroatoms. The average Bonchev–Trinajstić information content (AvgIpc) is 3.52. The topological polar surface area (TPSA) is 122 Å². The molecule has 37 heavy (non-hydrogen) atoms. The Balaban J connectivity index is 0.000000301. The average molecular weight is 503 g/mol. The summed E-state index contributed by atoms with van der Waals surface area (Å²) in [6.07, 6.45) is 2.44. The lowest BCUT2D eigenvalue weighted by atomic mass is 9.92. The maximum atomic E-state index is 14.5. The minimum absolute atomic E-state index is 0.167. The molecule has 0 atom stereocenters. The first kappa shape index (κ1) is 24.5. The maximum Gasteiger partial charge on any atom is 0.252 e. The molecule has 1 aliphatic heterocycles. The van der Waals surface area contributed by atoms with Gasteiger partial charge in [-0.15, -0.1) is 0 Å². The van der Waals surface area contributed by atoms with E-state index in [0.29, 0.717) is 46.5 Å². The molecule has 0 unspecified atom stereocenters. The van der Waals surface area contributed by atoms with Crippen molar-refractivity contribution < 1.29 is 13.6 Å². The third kappa shape index (κ3) is 5.31. The molecular weight excluding hydrogens is 474 g/mol. The van der Waals surface area contributed by atoms with Crippen LogP contribution >= 0.6 is 0 Å². The summed E-state index contributed by atoms with van der Waals surface area (Å²) in [6.45, 7) is 3.05. The van der Waals surface area contributed by atoms with E-state index in [9.17, 15) is 13.6 Å². The summed E-state index contributed by atoms with van der Waals surface area (Å²) in [5.41, 5.74) is 17.0. The van der Waals surface area contributed by atoms with Gasteiger partial charge < -0.3 is 27.1 Å². The van der Waals surface area contributed by atoms with Crippen LogP contribution in [0.1, 0.15) is 40.2 Å². The third-order valence-corrected chi connectivity index (χ3v) is 6.50. The number of H-pyrrole nitrogens is 1. The lowest BCUT2D eigenvalue weighted by molar-refractivity contribution is 0.0966. The zero-order valence-electron chi connectivity index (χ0n) is 20.4. The molecule has 1 fully saturated rings. The lowest BCUT2D eigenvalue weighted by Gasteiger charge is -2.12. The molecule has 2 heterocycles. The molecule has 0 bridgehead atoms. The molecule has 7 nitrogen and oxygen atoms in total. The highest BCUT2D eigenvalue weighted by molar-refractivity contribution is 6.06. The number of benzene rings is 3. The van der Waals surface area contributed by atoms with E-state index in [4.69, 9.17) is 11.5 Å². The van der Waals surface area contributed by atoms with Crippen molar-refractivity contribution in [3.8, 4) is 22.5 Å². The number of hydrogen-bond donors (Lipinski definition) is 5. The fourth-order valence-corrected chi connectivity index (χ4v) is 4.34. The van der Waals surface area contributed by atoms with Crippen molar-refractivity contribution in [3.05, 3.63) is 88.7 Å². The number of fused-ring (bicyclic) bond motifs is 1. The Morgan fingerprint density at radius 2 is 1.65 bits per heavy atom. The van der Waals surface area contributed by atoms with Gasteiger partial charge in [0.15, 0.2) is 0 Å². The quantitative estimate of drug-likeness (QED) is 0.254. The van der Waals surface area contributed by atoms with Gasteiger partial charge in [-0.05, 0) is 79.4 Å². The predicted octanol–water partition coefficient (Wildman–Crippen LogP) is 4.68. The molecule has 4 aromatic rings. The highest BCUT2D eigenvalue weighted by atomic mass is 19.1. The molecule has 0 radical (unpaired) electrons. The number of hydrogen-bond acceptors (Lipinski definition) is 5. The minimum Gasteiger partial charge on any atom is -0.399 e. The Morgan fingerprint density at radius 3 is 2.32 bits per heavy atom. The summed E-state index contributed by atoms with van der Waals surface area (Å²) >= 11 is 0. The normalized spacial score (nSPS) is 14.1. The van der Waals surface area contributed by atoms with Gasteiger partial charge in [0.25, 0.3) is 5.91 Å². The van der Waals surface area contributed by atoms with Crippen LogP contribution in [0.4, 0.5) is 20.2 Å². The molecule has 7 N–H and O–H groups in total. The van der Waals surface area contributed by atoms with Crippen molar-refractivity contribution in [1.29, 1.82) is 0 Å². The summed E-state index contributed by atoms with van der Waals surface area (Å²) in [7, 11) is 0. The maximum absolute atomic E-state index is 14.5. The smallest absolute Gasteiger partial charge is 0.252 e. The van der Waals surface area contributed by atoms with Crippen molar-refractivity contribution >= 4 is 17.3 Å². The highest BCUT2D eigenvalue weighted by Gasteiger charge is 2.29. The van der Waals surface area contributed by atoms with Crippen molar-refractivity contribution in [3.63, 3.8) is 0 Å². The molecule has 1 aliphatic carbocycles. The molecule has 1 aromatic heterocycles. The minimum atomic E-state index is -0.401. The Hall–Kier alpha value is -4.24. The van der Waals surface area contributed by atoms with Crippen molar-refractivity contribution in [1.82, 2.24) is 20.6 Å². The van der Waals surface area contributed by atoms with Crippen LogP contribution in [0.5, 0.6) is 0 Å². The number of aromatic nitrogens is 2. The number of aryl methyl sites for hydroxylation is 1. The fourth-order valence-electron chi connectivity index (χ4n) is 4.34. The SMILES string of the molecule is Cc1nc(-c2ccc(-c3ccc(N)cc3F)c3c2C(=O)NC3)[nH]c1CNC1CC1.Nc1ccc(F)cc1. The van der Waals surface area contributed by atoms with Gasteiger partial charge in [-0.25, -0.2) is 13.8 Å². The molecule has 6 rings (SSSR count). The van der Waals surface area contributed by atoms with Gasteiger partial charge in [0.2, 0.25) is 0 Å². The van der Waals surface area contributed by atoms with Gasteiger partial charge in [0.1, 0.15) is 17.5 Å². The van der Waals surface area contributed by atoms with Crippen molar-refractivity contribution in [2.75, 3.05) is 11.5 Å². The standard InChI is InChI=1S/C22H22FN5O.C6H6FN/c1-11-19(10-25-13-3-4-13)28-21(27-11)16-7-6-14(17-9-26-22(29)20(16)17)15-5-2-12(24)8-18(15)23;7-5-1-3-6(8)4-2-5/h2,5-8,13,25H,3-4,9-10,24H2,1H3,(H,26,29)(H,27,28);1-4H,8H2. The van der Waals surface area contributed by atoms with Gasteiger partial charge in [-0.1, -0.05) is 6.07 Å². The zero-order chi connectivity index (χ0) is 26.1. The first-order valence-corrected chi connectivity index (χ1v) is 12.1. The van der Waals surface area contributed by atoms with E-state index < -0.39 is 5.82 Å². The molecule has 3 aromatic carbocycles. The van der Waals surface area contributed by atoms with E-state index in [0.717, 1.165) is 29.1 Å². The number of rotatable bonds is 5. The molecule has 0 spiro atoms. The number of nitrogens with zero attached hydrogens (tertiary/aromatic N) is 1. The number of amides is 1. The Kier molecular flexibility index (Phi) is 6.62. The second kappa shape index (κ2) is 10.0. The summed E-state index contributed by atoms with van der Waals surface area (Å²) in [5.74, 6) is -0.159. The van der Waals surface area contributed by atoms with Gasteiger partial charge >= 0.3 is 0 Å². The number of imidazole rings is 1. The zero-order valence-corrected chi connectivity index (χ0v) is 20.4. The van der Waals surface area contributed by atoms with E-state index >= 15 is 0 Å². The number of aromatic amines is 1. The van der Waals surface area contributed by atoms with Gasteiger partial charge in [-0.2, -0.15) is 0 Å². The number of nitrogens with two attached hydrogens (primary N) is 2. The van der Waals surface area contributed by atoms with Crippen LogP contribution in [0.25, 0.3) is 22.5 Å². The largest absolute Gasteiger partial charge is 0.399 e. The molecular formula is C28H28F2N6O. The molecule has 0 saturated heterocycles. The van der Waals surface area contributed by atoms with Gasteiger partial charge in [0.05, 0.1) is 17.0 Å². The molecule has 1 saturated carbocycles. The number of halogens is 2. The Labute approximate surface area is 213 Å². The number of carbonyl (C=O) groups excluding carboxylic acids is 1. The second-order valence-electron chi connectivity index (χ2n) is 9.29. The van der Waals surface area contributed by atoms with Crippen LogP contribution in [0.3, 0.4) is 0 Å². The first-order valence-electron chi connectivity index (χ1n) is 12.1. The van der Waals surface area contributed by atoms with E-state index in [1.165, 1.54) is 43.2 Å². The number of carbonyl (C=O) groups is 1. The third-order valence-electron chi connectivity index (χ3n) is 6.50. The van der Waals surface area contributed by atoms with E-state index in [1.807, 2.05) is 19.1 Å². The van der Waals surface area contributed by atoms with E-state index in [1.54, 1.807) is 12.1 Å². The van der Waals surface area contributed by atoms with Crippen LogP contribution in [-0.2, 0) is 13.1 Å². The summed E-state index contributed by atoms with van der Waals surface area (Å²) in [5, 5.41) is 6.34. The number of anilines is 2. The lowest BCUT2D eigenvalue weighted by Crippen LogP contribution is -2.16. The van der Waals surface area contributed by atoms with Crippen LogP contribution in [0, 0.1) is 18.6 Å². The monoisotopic (exact) mass is 502 g/mol. The summed E-state index contributed by atoms with van der Waals surface area (Å²) in [6, 6.07) is 14.6. The first-order chi connectivity index (χ1) is 17.8. The number of nitrogens with one attached hydrogen (secondary N) is 3. The molecule has 2 aliphatic rings. The fraction of sp³-hybridized carbons (Fsp3) is 0.214. The Morgan fingerprint density at radius 1 is 0.973 bits per heavy atom. The van der Waals surface area contributed by atoms with Crippen LogP contribution in [0.2, 0.25) is 0 Å². The molecule has 1 amide bonds. The summed E-state index contributed by atoms with van der Waals surface area (Å²) in [4.78, 5) is 20.6. The predicted molar refractivity (Wildman–Crippen MR) is 140 cm³/mol. The highest BCUT2D eigenvalue weighted by Crippen LogP contribution is 2.37. The van der Waals surface area contributed by atoms with Gasteiger partial charge in [0, 0.05) is 41.6 Å². The second-order valence-corrected chi connectivity index (χ2v) is 9.29. The summed E-state index contributed by atoms with van der Waals surface area (Å²) < 4.78 is 26.6. The van der Waals surface area contributed by atoms with Gasteiger partial charge in [-0.3, -0.25) is 4.79 Å². The number of nitrogen functional groups attached to an aromatic ring is 2. The van der Waals surface area contributed by atoms with E-state index in [-0.39, 0.29) is 11.7 Å². The van der Waals surface area contributed by atoms with Crippen LogP contribution < -0.4 is 22.1 Å². The van der Waals surface area contributed by atoms with Crippen molar-refractivity contribution in [2.24, 2.45) is 0 Å². The van der Waals surface area contributed by atoms with Crippen molar-refractivity contribution in [2.45, 2.75) is 38.9 Å².